The van der Waals surface area contributed by atoms with Crippen LogP contribution in [0.25, 0.3) is 11.5 Å². The van der Waals surface area contributed by atoms with E-state index in [1.807, 2.05) is 25.1 Å². The fourth-order valence-electron chi connectivity index (χ4n) is 2.62. The maximum Gasteiger partial charge on any atom is 0.199 e. The molecule has 0 atom stereocenters. The molecule has 0 saturated heterocycles. The number of pyridine rings is 1. The molecule has 1 saturated carbocycles. The van der Waals surface area contributed by atoms with Crippen LogP contribution in [0.4, 0.5) is 0 Å². The molecule has 0 unspecified atom stereocenters. The second-order valence-corrected chi connectivity index (χ2v) is 5.04. The molecule has 94 valence electrons. The first-order valence-electron chi connectivity index (χ1n) is 6.69. The third-order valence-corrected chi connectivity index (χ3v) is 3.61. The van der Waals surface area contributed by atoms with Gasteiger partial charge in [0.25, 0.3) is 0 Å². The van der Waals surface area contributed by atoms with Gasteiger partial charge in [0.2, 0.25) is 0 Å². The third kappa shape index (κ3) is 2.28. The maximum atomic E-state index is 4.62. The van der Waals surface area contributed by atoms with Crippen molar-refractivity contribution in [2.45, 2.75) is 44.9 Å². The molecule has 0 bridgehead atoms. The van der Waals surface area contributed by atoms with E-state index in [4.69, 9.17) is 0 Å². The molecule has 4 nitrogen and oxygen atoms in total. The van der Waals surface area contributed by atoms with Crippen LogP contribution in [0.1, 0.15) is 49.5 Å². The minimum Gasteiger partial charge on any atom is -0.262 e. The summed E-state index contributed by atoms with van der Waals surface area (Å²) in [4.78, 5) is 9.07. The van der Waals surface area contributed by atoms with E-state index in [-0.39, 0.29) is 0 Å². The zero-order valence-corrected chi connectivity index (χ0v) is 10.7. The van der Waals surface area contributed by atoms with E-state index in [1.165, 1.54) is 32.1 Å². The topological polar surface area (TPSA) is 54.5 Å². The number of aryl methyl sites for hydroxylation is 1. The lowest BCUT2D eigenvalue weighted by atomic mass is 9.89. The van der Waals surface area contributed by atoms with Crippen LogP contribution in [0.5, 0.6) is 0 Å². The summed E-state index contributed by atoms with van der Waals surface area (Å²) in [6.07, 6.45) is 6.44. The van der Waals surface area contributed by atoms with Crippen molar-refractivity contribution in [2.24, 2.45) is 0 Å². The van der Waals surface area contributed by atoms with Crippen molar-refractivity contribution in [2.75, 3.05) is 0 Å². The molecule has 4 heteroatoms. The molecule has 18 heavy (non-hydrogen) atoms. The van der Waals surface area contributed by atoms with Gasteiger partial charge in [-0.05, 0) is 31.9 Å². The smallest absolute Gasteiger partial charge is 0.199 e. The van der Waals surface area contributed by atoms with Crippen molar-refractivity contribution in [3.63, 3.8) is 0 Å². The summed E-state index contributed by atoms with van der Waals surface area (Å²) in [7, 11) is 0. The average molecular weight is 242 g/mol. The van der Waals surface area contributed by atoms with Crippen LogP contribution in [0.15, 0.2) is 18.2 Å². The van der Waals surface area contributed by atoms with Gasteiger partial charge in [0.1, 0.15) is 11.5 Å². The van der Waals surface area contributed by atoms with E-state index in [2.05, 4.69) is 20.2 Å². The summed E-state index contributed by atoms with van der Waals surface area (Å²) in [5.74, 6) is 2.32. The van der Waals surface area contributed by atoms with Gasteiger partial charge in [-0.25, -0.2) is 9.97 Å². The summed E-state index contributed by atoms with van der Waals surface area (Å²) in [5, 5.41) is 7.40. The molecule has 0 aliphatic heterocycles. The van der Waals surface area contributed by atoms with E-state index in [0.29, 0.717) is 5.92 Å². The number of aromatic amines is 1. The third-order valence-electron chi connectivity index (χ3n) is 3.61. The zero-order valence-electron chi connectivity index (χ0n) is 10.7. The Labute approximate surface area is 107 Å². The first-order valence-corrected chi connectivity index (χ1v) is 6.69. The Kier molecular flexibility index (Phi) is 3.09. The Hall–Kier alpha value is -1.71. The standard InChI is InChI=1S/C14H18N4/c1-10-6-5-9-12(15-10)14-16-13(17-18-14)11-7-3-2-4-8-11/h5-6,9,11H,2-4,7-8H2,1H3,(H,16,17,18). The maximum absolute atomic E-state index is 4.62. The fourth-order valence-corrected chi connectivity index (χ4v) is 2.62. The molecule has 0 aromatic carbocycles. The Morgan fingerprint density at radius 1 is 1.11 bits per heavy atom. The second kappa shape index (κ2) is 4.88. The average Bonchev–Trinajstić information content (AvgIpc) is 2.89. The molecular weight excluding hydrogens is 224 g/mol. The number of nitrogens with zero attached hydrogens (tertiary/aromatic N) is 3. The Morgan fingerprint density at radius 2 is 1.94 bits per heavy atom. The van der Waals surface area contributed by atoms with Crippen LogP contribution in [0.3, 0.4) is 0 Å². The Bertz CT molecular complexity index is 526. The monoisotopic (exact) mass is 242 g/mol. The molecule has 0 spiro atoms. The molecular formula is C14H18N4. The van der Waals surface area contributed by atoms with Crippen LogP contribution in [0, 0.1) is 6.92 Å². The number of hydrogen-bond donors (Lipinski definition) is 1. The van der Waals surface area contributed by atoms with Gasteiger partial charge in [-0.1, -0.05) is 25.3 Å². The highest BCUT2D eigenvalue weighted by atomic mass is 15.2. The van der Waals surface area contributed by atoms with Crippen LogP contribution in [-0.2, 0) is 0 Å². The molecule has 2 aromatic heterocycles. The number of hydrogen-bond acceptors (Lipinski definition) is 3. The number of rotatable bonds is 2. The SMILES string of the molecule is Cc1cccc(-c2n[nH]c(C3CCCCC3)n2)n1. The van der Waals surface area contributed by atoms with E-state index in [0.717, 1.165) is 23.0 Å². The molecule has 2 heterocycles. The summed E-state index contributed by atoms with van der Waals surface area (Å²) in [6.45, 7) is 1.98. The van der Waals surface area contributed by atoms with Crippen LogP contribution in [-0.4, -0.2) is 20.2 Å². The first kappa shape index (κ1) is 11.4. The van der Waals surface area contributed by atoms with Crippen LogP contribution < -0.4 is 0 Å². The summed E-state index contributed by atoms with van der Waals surface area (Å²) < 4.78 is 0. The van der Waals surface area contributed by atoms with Gasteiger partial charge in [0.15, 0.2) is 5.82 Å². The van der Waals surface area contributed by atoms with Gasteiger partial charge < -0.3 is 0 Å². The quantitative estimate of drug-likeness (QED) is 0.879. The lowest BCUT2D eigenvalue weighted by Gasteiger charge is -2.18. The van der Waals surface area contributed by atoms with E-state index in [1.54, 1.807) is 0 Å². The largest absolute Gasteiger partial charge is 0.262 e. The van der Waals surface area contributed by atoms with Crippen LogP contribution in [0.2, 0.25) is 0 Å². The predicted molar refractivity (Wildman–Crippen MR) is 70.2 cm³/mol. The van der Waals surface area contributed by atoms with Gasteiger partial charge in [-0.2, -0.15) is 5.10 Å². The molecule has 0 radical (unpaired) electrons. The van der Waals surface area contributed by atoms with Crippen molar-refractivity contribution in [1.82, 2.24) is 20.2 Å². The highest BCUT2D eigenvalue weighted by Crippen LogP contribution is 2.31. The highest BCUT2D eigenvalue weighted by Gasteiger charge is 2.19. The molecule has 1 N–H and O–H groups in total. The van der Waals surface area contributed by atoms with Crippen molar-refractivity contribution in [3.8, 4) is 11.5 Å². The van der Waals surface area contributed by atoms with Gasteiger partial charge in [0.05, 0.1) is 0 Å². The summed E-state index contributed by atoms with van der Waals surface area (Å²) >= 11 is 0. The van der Waals surface area contributed by atoms with Crippen molar-refractivity contribution < 1.29 is 0 Å². The molecule has 1 aliphatic carbocycles. The molecule has 1 aliphatic rings. The van der Waals surface area contributed by atoms with Gasteiger partial charge in [0, 0.05) is 11.6 Å². The Balaban J connectivity index is 1.84. The number of H-pyrrole nitrogens is 1. The summed E-state index contributed by atoms with van der Waals surface area (Å²) in [5.41, 5.74) is 1.85. The molecule has 0 amide bonds. The molecule has 1 fully saturated rings. The van der Waals surface area contributed by atoms with E-state index in [9.17, 15) is 0 Å². The summed E-state index contributed by atoms with van der Waals surface area (Å²) in [6, 6.07) is 5.94. The van der Waals surface area contributed by atoms with Gasteiger partial charge in [-0.3, -0.25) is 5.10 Å². The number of aromatic nitrogens is 4. The van der Waals surface area contributed by atoms with Crippen molar-refractivity contribution in [1.29, 1.82) is 0 Å². The zero-order chi connectivity index (χ0) is 12.4. The molecule has 2 aromatic rings. The lowest BCUT2D eigenvalue weighted by molar-refractivity contribution is 0.429. The normalized spacial score (nSPS) is 16.9. The Morgan fingerprint density at radius 3 is 2.72 bits per heavy atom. The van der Waals surface area contributed by atoms with Gasteiger partial charge >= 0.3 is 0 Å². The number of nitrogens with one attached hydrogen (secondary N) is 1. The lowest BCUT2D eigenvalue weighted by Crippen LogP contribution is -2.06. The van der Waals surface area contributed by atoms with Crippen LogP contribution >= 0.6 is 0 Å². The predicted octanol–water partition coefficient (Wildman–Crippen LogP) is 3.22. The van der Waals surface area contributed by atoms with Crippen molar-refractivity contribution in [3.05, 3.63) is 29.7 Å². The second-order valence-electron chi connectivity index (χ2n) is 5.04. The molecule has 3 rings (SSSR count). The fraction of sp³-hybridized carbons (Fsp3) is 0.500. The van der Waals surface area contributed by atoms with E-state index < -0.39 is 0 Å². The highest BCUT2D eigenvalue weighted by molar-refractivity contribution is 5.48. The van der Waals surface area contributed by atoms with E-state index >= 15 is 0 Å². The first-order chi connectivity index (χ1) is 8.83. The minimum atomic E-state index is 0.560. The van der Waals surface area contributed by atoms with Gasteiger partial charge in [-0.15, -0.1) is 0 Å². The van der Waals surface area contributed by atoms with Crippen molar-refractivity contribution >= 4 is 0 Å². The minimum absolute atomic E-state index is 0.560.